The van der Waals surface area contributed by atoms with Crippen LogP contribution >= 0.6 is 0 Å². The van der Waals surface area contributed by atoms with Crippen molar-refractivity contribution in [3.05, 3.63) is 41.2 Å². The quantitative estimate of drug-likeness (QED) is 0.780. The maximum Gasteiger partial charge on any atom is 0.335 e. The third-order valence-electron chi connectivity index (χ3n) is 3.47. The fraction of sp³-hybridized carbons (Fsp3) is 0.200. The molecule has 0 spiro atoms. The van der Waals surface area contributed by atoms with Gasteiger partial charge in [-0.05, 0) is 38.1 Å². The van der Waals surface area contributed by atoms with E-state index in [1.807, 2.05) is 31.5 Å². The van der Waals surface area contributed by atoms with Gasteiger partial charge in [0.1, 0.15) is 5.82 Å². The Kier molecular flexibility index (Phi) is 2.94. The molecule has 2 heterocycles. The number of carbonyl (C=O) groups is 1. The molecule has 1 N–H and O–H groups in total. The highest BCUT2D eigenvalue weighted by Gasteiger charge is 2.14. The van der Waals surface area contributed by atoms with Crippen LogP contribution in [0.3, 0.4) is 0 Å². The molecule has 0 fully saturated rings. The molecule has 0 aliphatic heterocycles. The molecular weight excluding hydrogens is 268 g/mol. The fourth-order valence-corrected chi connectivity index (χ4v) is 2.35. The van der Waals surface area contributed by atoms with Crippen molar-refractivity contribution >= 4 is 17.0 Å². The normalized spacial score (nSPS) is 11.0. The third kappa shape index (κ3) is 2.14. The number of nitrogens with zero attached hydrogens (tertiary/aromatic N) is 4. The Morgan fingerprint density at radius 2 is 1.95 bits per heavy atom. The zero-order valence-electron chi connectivity index (χ0n) is 12.0. The van der Waals surface area contributed by atoms with Crippen LogP contribution in [0.1, 0.15) is 21.7 Å². The molecule has 0 saturated heterocycles. The number of aryl methyl sites for hydroxylation is 3. The molecule has 1 aromatic carbocycles. The lowest BCUT2D eigenvalue weighted by Crippen LogP contribution is -1.99. The Balaban J connectivity index is 2.26. The molecule has 0 radical (unpaired) electrons. The van der Waals surface area contributed by atoms with Crippen LogP contribution in [0.5, 0.6) is 0 Å². The van der Waals surface area contributed by atoms with E-state index in [1.165, 1.54) is 0 Å². The number of aromatic nitrogens is 4. The van der Waals surface area contributed by atoms with Crippen molar-refractivity contribution in [1.29, 1.82) is 0 Å². The summed E-state index contributed by atoms with van der Waals surface area (Å²) in [6.07, 6.45) is 0. The van der Waals surface area contributed by atoms with Crippen molar-refractivity contribution < 1.29 is 9.90 Å². The van der Waals surface area contributed by atoms with Gasteiger partial charge in [-0.2, -0.15) is 10.2 Å². The number of hydrogen-bond donors (Lipinski definition) is 1. The number of fused-ring (bicyclic) bond motifs is 1. The van der Waals surface area contributed by atoms with E-state index in [9.17, 15) is 4.79 Å². The number of carboxylic acids is 1. The summed E-state index contributed by atoms with van der Waals surface area (Å²) in [4.78, 5) is 15.6. The van der Waals surface area contributed by atoms with Gasteiger partial charge in [-0.25, -0.2) is 9.78 Å². The molecule has 6 heteroatoms. The van der Waals surface area contributed by atoms with Gasteiger partial charge in [-0.1, -0.05) is 0 Å². The van der Waals surface area contributed by atoms with Gasteiger partial charge in [0, 0.05) is 12.6 Å². The highest BCUT2D eigenvalue weighted by atomic mass is 16.4. The fourth-order valence-electron chi connectivity index (χ4n) is 2.35. The molecule has 6 nitrogen and oxygen atoms in total. The summed E-state index contributed by atoms with van der Waals surface area (Å²) in [6, 6.07) is 6.87. The molecular formula is C15H14N4O2. The molecule has 0 aliphatic rings. The highest BCUT2D eigenvalue weighted by molar-refractivity contribution is 5.93. The number of aromatic carboxylic acids is 1. The van der Waals surface area contributed by atoms with Crippen LogP contribution < -0.4 is 0 Å². The summed E-state index contributed by atoms with van der Waals surface area (Å²) >= 11 is 0. The lowest BCUT2D eigenvalue weighted by atomic mass is 10.2. The second-order valence-corrected chi connectivity index (χ2v) is 4.99. The first kappa shape index (κ1) is 13.2. The van der Waals surface area contributed by atoms with E-state index in [-0.39, 0.29) is 5.56 Å². The number of hydrogen-bond acceptors (Lipinski definition) is 4. The first-order valence-electron chi connectivity index (χ1n) is 6.48. The van der Waals surface area contributed by atoms with Crippen LogP contribution in [0.25, 0.3) is 22.4 Å². The van der Waals surface area contributed by atoms with Crippen LogP contribution in [-0.2, 0) is 7.05 Å². The molecule has 0 amide bonds. The predicted octanol–water partition coefficient (Wildman–Crippen LogP) is 2.35. The summed E-state index contributed by atoms with van der Waals surface area (Å²) in [7, 11) is 1.90. The molecule has 2 aromatic heterocycles. The summed E-state index contributed by atoms with van der Waals surface area (Å²) in [6.45, 7) is 3.75. The molecule has 0 saturated carbocycles. The molecule has 0 bridgehead atoms. The van der Waals surface area contributed by atoms with Gasteiger partial charge in [0.05, 0.1) is 28.0 Å². The second kappa shape index (κ2) is 4.66. The van der Waals surface area contributed by atoms with Gasteiger partial charge in [0.15, 0.2) is 0 Å². The summed E-state index contributed by atoms with van der Waals surface area (Å²) < 4.78 is 1.93. The molecule has 106 valence electrons. The van der Waals surface area contributed by atoms with Crippen molar-refractivity contribution in [2.24, 2.45) is 7.05 Å². The van der Waals surface area contributed by atoms with E-state index in [1.54, 1.807) is 18.2 Å². The maximum atomic E-state index is 11.1. The Morgan fingerprint density at radius 3 is 2.67 bits per heavy atom. The van der Waals surface area contributed by atoms with Crippen LogP contribution in [0.2, 0.25) is 0 Å². The second-order valence-electron chi connectivity index (χ2n) is 4.99. The molecule has 21 heavy (non-hydrogen) atoms. The Morgan fingerprint density at radius 1 is 1.19 bits per heavy atom. The SMILES string of the molecule is Cc1cc(-c2nc3cc(C(=O)O)ccc3n2C)c(C)nn1. The van der Waals surface area contributed by atoms with Crippen LogP contribution in [0, 0.1) is 13.8 Å². The molecule has 0 atom stereocenters. The van der Waals surface area contributed by atoms with Gasteiger partial charge in [0.2, 0.25) is 0 Å². The van der Waals surface area contributed by atoms with Gasteiger partial charge < -0.3 is 9.67 Å². The van der Waals surface area contributed by atoms with E-state index in [0.717, 1.165) is 28.3 Å². The summed E-state index contributed by atoms with van der Waals surface area (Å²) in [5, 5.41) is 17.2. The average Bonchev–Trinajstić information content (AvgIpc) is 2.78. The van der Waals surface area contributed by atoms with E-state index >= 15 is 0 Å². The van der Waals surface area contributed by atoms with Crippen molar-refractivity contribution in [3.63, 3.8) is 0 Å². The first-order valence-corrected chi connectivity index (χ1v) is 6.48. The number of rotatable bonds is 2. The van der Waals surface area contributed by atoms with E-state index in [0.29, 0.717) is 5.52 Å². The first-order chi connectivity index (χ1) is 9.97. The predicted molar refractivity (Wildman–Crippen MR) is 78.2 cm³/mol. The summed E-state index contributed by atoms with van der Waals surface area (Å²) in [5.74, 6) is -0.204. The third-order valence-corrected chi connectivity index (χ3v) is 3.47. The standard InChI is InChI=1S/C15H14N4O2/c1-8-6-11(9(2)18-17-8)14-16-12-7-10(15(20)21)4-5-13(12)19(14)3/h4-7H,1-3H3,(H,20,21). The average molecular weight is 282 g/mol. The van der Waals surface area contributed by atoms with Crippen LogP contribution in [0.4, 0.5) is 0 Å². The minimum absolute atomic E-state index is 0.230. The van der Waals surface area contributed by atoms with E-state index in [4.69, 9.17) is 5.11 Å². The maximum absolute atomic E-state index is 11.1. The molecule has 0 unspecified atom stereocenters. The minimum atomic E-state index is -0.957. The van der Waals surface area contributed by atoms with Gasteiger partial charge in [0.25, 0.3) is 0 Å². The Bertz CT molecular complexity index is 867. The topological polar surface area (TPSA) is 80.9 Å². The zero-order chi connectivity index (χ0) is 15.1. The van der Waals surface area contributed by atoms with Crippen molar-refractivity contribution in [2.75, 3.05) is 0 Å². The smallest absolute Gasteiger partial charge is 0.335 e. The lowest BCUT2D eigenvalue weighted by Gasteiger charge is -2.05. The van der Waals surface area contributed by atoms with Crippen molar-refractivity contribution in [2.45, 2.75) is 13.8 Å². The zero-order valence-corrected chi connectivity index (χ0v) is 12.0. The van der Waals surface area contributed by atoms with Gasteiger partial charge >= 0.3 is 5.97 Å². The Hall–Kier alpha value is -2.76. The number of benzene rings is 1. The summed E-state index contributed by atoms with van der Waals surface area (Å²) in [5.41, 5.74) is 4.27. The minimum Gasteiger partial charge on any atom is -0.478 e. The van der Waals surface area contributed by atoms with Crippen molar-refractivity contribution in [3.8, 4) is 11.4 Å². The van der Waals surface area contributed by atoms with E-state index < -0.39 is 5.97 Å². The Labute approximate surface area is 121 Å². The van der Waals surface area contributed by atoms with Gasteiger partial charge in [-0.3, -0.25) is 0 Å². The van der Waals surface area contributed by atoms with E-state index in [2.05, 4.69) is 15.2 Å². The molecule has 3 aromatic rings. The number of carboxylic acid groups (broad SMARTS) is 1. The largest absolute Gasteiger partial charge is 0.478 e. The molecule has 3 rings (SSSR count). The molecule has 0 aliphatic carbocycles. The van der Waals surface area contributed by atoms with Crippen LogP contribution in [0.15, 0.2) is 24.3 Å². The highest BCUT2D eigenvalue weighted by Crippen LogP contribution is 2.26. The number of imidazole rings is 1. The van der Waals surface area contributed by atoms with Crippen LogP contribution in [-0.4, -0.2) is 30.8 Å². The lowest BCUT2D eigenvalue weighted by molar-refractivity contribution is 0.0697. The van der Waals surface area contributed by atoms with Gasteiger partial charge in [-0.15, -0.1) is 0 Å². The van der Waals surface area contributed by atoms with Crippen molar-refractivity contribution in [1.82, 2.24) is 19.7 Å². The monoisotopic (exact) mass is 282 g/mol.